The number of carbonyl (C=O) groups excluding carboxylic acids is 5. The zero-order valence-corrected chi connectivity index (χ0v) is 34.6. The SMILES string of the molecule is CC(C(=O)NC(Cc1ccccc1)C(=O)N(C)C(C)C(=O)NC(Cc1ccccc1)C(N)=O)N(C)C(=O)CCC(C(=O)O)N1CCN(CC(=O)O)CCN(CC(=O)O)CC1. The van der Waals surface area contributed by atoms with Gasteiger partial charge in [-0.25, -0.2) is 0 Å². The second kappa shape index (κ2) is 23.6. The van der Waals surface area contributed by atoms with Crippen LogP contribution in [0.15, 0.2) is 60.7 Å². The molecule has 0 bridgehead atoms. The van der Waals surface area contributed by atoms with Crippen molar-refractivity contribution < 1.29 is 53.7 Å². The molecule has 0 aliphatic carbocycles. The van der Waals surface area contributed by atoms with E-state index in [4.69, 9.17) is 5.73 Å². The molecule has 5 atom stereocenters. The monoisotopic (exact) mass is 838 g/mol. The van der Waals surface area contributed by atoms with Gasteiger partial charge in [0.1, 0.15) is 30.2 Å². The molecule has 0 radical (unpaired) electrons. The van der Waals surface area contributed by atoms with E-state index >= 15 is 0 Å². The summed E-state index contributed by atoms with van der Waals surface area (Å²) in [6, 6.07) is 12.2. The van der Waals surface area contributed by atoms with Gasteiger partial charge in [0.2, 0.25) is 29.5 Å². The van der Waals surface area contributed by atoms with Gasteiger partial charge in [-0.2, -0.15) is 0 Å². The summed E-state index contributed by atoms with van der Waals surface area (Å²) in [4.78, 5) is 109. The lowest BCUT2D eigenvalue weighted by Crippen LogP contribution is -2.58. The minimum Gasteiger partial charge on any atom is -0.480 e. The molecule has 0 saturated carbocycles. The lowest BCUT2D eigenvalue weighted by molar-refractivity contribution is -0.146. The van der Waals surface area contributed by atoms with Crippen LogP contribution in [-0.2, 0) is 51.2 Å². The molecule has 328 valence electrons. The molecule has 19 heteroatoms. The molecule has 2 aromatic rings. The van der Waals surface area contributed by atoms with Crippen LogP contribution in [0.5, 0.6) is 0 Å². The number of carboxylic acid groups (broad SMARTS) is 3. The van der Waals surface area contributed by atoms with E-state index in [-0.39, 0.29) is 78.0 Å². The Bertz CT molecular complexity index is 1770. The first-order chi connectivity index (χ1) is 28.4. The average Bonchev–Trinajstić information content (AvgIpc) is 3.29. The Morgan fingerprint density at radius 3 is 1.50 bits per heavy atom. The molecule has 3 rings (SSSR count). The first kappa shape index (κ1) is 48.4. The van der Waals surface area contributed by atoms with Crippen LogP contribution < -0.4 is 16.4 Å². The molecular weight excluding hydrogens is 780 g/mol. The van der Waals surface area contributed by atoms with Gasteiger partial charge in [-0.1, -0.05) is 60.7 Å². The number of hydrogen-bond acceptors (Lipinski definition) is 11. The van der Waals surface area contributed by atoms with Crippen LogP contribution in [0.4, 0.5) is 0 Å². The van der Waals surface area contributed by atoms with Crippen LogP contribution in [0, 0.1) is 0 Å². The molecule has 1 aliphatic heterocycles. The van der Waals surface area contributed by atoms with Crippen LogP contribution in [0.3, 0.4) is 0 Å². The van der Waals surface area contributed by atoms with Gasteiger partial charge in [-0.15, -0.1) is 0 Å². The molecule has 1 heterocycles. The third-order valence-corrected chi connectivity index (χ3v) is 10.7. The molecule has 0 aromatic heterocycles. The number of nitrogens with zero attached hydrogens (tertiary/aromatic N) is 5. The Morgan fingerprint density at radius 1 is 0.650 bits per heavy atom. The van der Waals surface area contributed by atoms with Gasteiger partial charge < -0.3 is 41.5 Å². The number of carboxylic acids is 3. The Hall–Kier alpha value is -5.92. The Kier molecular flexibility index (Phi) is 19.1. The topological polar surface area (TPSA) is 264 Å². The van der Waals surface area contributed by atoms with Gasteiger partial charge in [-0.05, 0) is 31.4 Å². The molecule has 60 heavy (non-hydrogen) atoms. The fourth-order valence-corrected chi connectivity index (χ4v) is 6.78. The van der Waals surface area contributed by atoms with E-state index < -0.39 is 77.7 Å². The van der Waals surface area contributed by atoms with E-state index in [1.54, 1.807) is 69.3 Å². The summed E-state index contributed by atoms with van der Waals surface area (Å²) in [5.41, 5.74) is 7.06. The number of hydrogen-bond donors (Lipinski definition) is 6. The normalized spacial score (nSPS) is 16.6. The Labute approximate surface area is 349 Å². The highest BCUT2D eigenvalue weighted by molar-refractivity contribution is 5.95. The molecule has 5 unspecified atom stereocenters. The van der Waals surface area contributed by atoms with Crippen LogP contribution in [0.1, 0.15) is 37.8 Å². The van der Waals surface area contributed by atoms with E-state index in [2.05, 4.69) is 10.6 Å². The Morgan fingerprint density at radius 2 is 1.07 bits per heavy atom. The molecule has 5 amide bonds. The van der Waals surface area contributed by atoms with Crippen molar-refractivity contribution in [2.24, 2.45) is 5.73 Å². The standard InChI is InChI=1S/C41H58N8O11/c1-27(45(3)34(50)16-15-33(41(59)60)49-21-19-47(25-35(51)52)17-18-48(20-22-49)26-36(53)54)38(56)44-32(24-30-13-9-6-10-14-30)40(58)46(4)28(2)39(57)43-31(37(42)55)23-29-11-7-5-8-12-29/h5-14,27-28,31-33H,15-26H2,1-4H3,(H2,42,55)(H,43,57)(H,44,56)(H,51,52)(H,53,54)(H,59,60). The second-order valence-electron chi connectivity index (χ2n) is 15.0. The van der Waals surface area contributed by atoms with Gasteiger partial charge in [0.05, 0.1) is 13.1 Å². The zero-order chi connectivity index (χ0) is 44.5. The molecule has 19 nitrogen and oxygen atoms in total. The Balaban J connectivity index is 1.71. The highest BCUT2D eigenvalue weighted by atomic mass is 16.4. The van der Waals surface area contributed by atoms with Crippen molar-refractivity contribution in [3.8, 4) is 0 Å². The van der Waals surface area contributed by atoms with Gasteiger partial charge in [0.15, 0.2) is 0 Å². The predicted molar refractivity (Wildman–Crippen MR) is 218 cm³/mol. The van der Waals surface area contributed by atoms with E-state index in [0.29, 0.717) is 5.56 Å². The smallest absolute Gasteiger partial charge is 0.320 e. The average molecular weight is 839 g/mol. The summed E-state index contributed by atoms with van der Waals surface area (Å²) in [6.45, 7) is 3.54. The van der Waals surface area contributed by atoms with E-state index in [9.17, 15) is 53.7 Å². The van der Waals surface area contributed by atoms with Crippen molar-refractivity contribution in [3.63, 3.8) is 0 Å². The summed E-state index contributed by atoms with van der Waals surface area (Å²) in [5, 5.41) is 34.3. The number of rotatable bonds is 21. The van der Waals surface area contributed by atoms with Crippen LogP contribution in [0.2, 0.25) is 0 Å². The number of primary amides is 1. The molecule has 0 spiro atoms. The lowest BCUT2D eigenvalue weighted by atomic mass is 10.0. The zero-order valence-electron chi connectivity index (χ0n) is 34.6. The van der Waals surface area contributed by atoms with Crippen molar-refractivity contribution >= 4 is 47.4 Å². The fourth-order valence-electron chi connectivity index (χ4n) is 6.78. The minimum absolute atomic E-state index is 0.0380. The van der Waals surface area contributed by atoms with E-state index in [1.807, 2.05) is 6.07 Å². The second-order valence-corrected chi connectivity index (χ2v) is 15.0. The van der Waals surface area contributed by atoms with Crippen molar-refractivity contribution in [2.45, 2.75) is 69.7 Å². The third-order valence-electron chi connectivity index (χ3n) is 10.7. The first-order valence-corrected chi connectivity index (χ1v) is 19.7. The quantitative estimate of drug-likeness (QED) is 0.0877. The van der Waals surface area contributed by atoms with Crippen LogP contribution in [-0.4, -0.2) is 184 Å². The summed E-state index contributed by atoms with van der Waals surface area (Å²) in [6.07, 6.45) is -0.264. The predicted octanol–water partition coefficient (Wildman–Crippen LogP) is -1.06. The van der Waals surface area contributed by atoms with Gasteiger partial charge in [0.25, 0.3) is 0 Å². The third kappa shape index (κ3) is 15.4. The number of nitrogens with two attached hydrogens (primary N) is 1. The number of benzene rings is 2. The van der Waals surface area contributed by atoms with E-state index in [0.717, 1.165) is 15.4 Å². The summed E-state index contributed by atoms with van der Waals surface area (Å²) < 4.78 is 0. The number of aliphatic carboxylic acids is 3. The number of amides is 5. The molecule has 1 aliphatic rings. The maximum atomic E-state index is 14.0. The molecule has 1 saturated heterocycles. The lowest BCUT2D eigenvalue weighted by Gasteiger charge is -2.32. The first-order valence-electron chi connectivity index (χ1n) is 19.7. The molecule has 2 aromatic carbocycles. The maximum absolute atomic E-state index is 14.0. The summed E-state index contributed by atoms with van der Waals surface area (Å²) in [7, 11) is 2.78. The van der Waals surface area contributed by atoms with Crippen molar-refractivity contribution in [1.82, 2.24) is 35.1 Å². The van der Waals surface area contributed by atoms with Crippen LogP contribution in [0.25, 0.3) is 0 Å². The highest BCUT2D eigenvalue weighted by Gasteiger charge is 2.34. The number of likely N-dealkylation sites (N-methyl/N-ethyl adjacent to an activating group) is 2. The molecular formula is C41H58N8O11. The van der Waals surface area contributed by atoms with E-state index in [1.165, 1.54) is 27.9 Å². The number of nitrogens with one attached hydrogen (secondary N) is 2. The molecule has 7 N–H and O–H groups in total. The van der Waals surface area contributed by atoms with Crippen molar-refractivity contribution in [1.29, 1.82) is 0 Å². The van der Waals surface area contributed by atoms with Crippen LogP contribution >= 0.6 is 0 Å². The fraction of sp³-hybridized carbons (Fsp3) is 0.512. The summed E-state index contributed by atoms with van der Waals surface area (Å²) >= 11 is 0. The van der Waals surface area contributed by atoms with Gasteiger partial charge in [-0.3, -0.25) is 53.1 Å². The van der Waals surface area contributed by atoms with Gasteiger partial charge >= 0.3 is 17.9 Å². The largest absolute Gasteiger partial charge is 0.480 e. The van der Waals surface area contributed by atoms with Gasteiger partial charge in [0, 0.05) is 72.6 Å². The van der Waals surface area contributed by atoms with Crippen molar-refractivity contribution in [2.75, 3.05) is 66.5 Å². The minimum atomic E-state index is -1.22. The summed E-state index contributed by atoms with van der Waals surface area (Å²) in [5.74, 6) is -6.64. The molecule has 1 fully saturated rings. The highest BCUT2D eigenvalue weighted by Crippen LogP contribution is 2.14. The number of carbonyl (C=O) groups is 8. The van der Waals surface area contributed by atoms with Crippen molar-refractivity contribution in [3.05, 3.63) is 71.8 Å². The maximum Gasteiger partial charge on any atom is 0.320 e.